The van der Waals surface area contributed by atoms with Crippen LogP contribution in [0.4, 0.5) is 0 Å². The fourth-order valence-corrected chi connectivity index (χ4v) is 4.85. The average molecular weight is 400 g/mol. The summed E-state index contributed by atoms with van der Waals surface area (Å²) in [5.74, 6) is 0. The quantitative estimate of drug-likeness (QED) is 0.269. The third-order valence-electron chi connectivity index (χ3n) is 6.45. The van der Waals surface area contributed by atoms with E-state index in [4.69, 9.17) is 0 Å². The SMILES string of the molecule is C/C=C(\C)n1c2ccccc2c2ccc(-c3[nH+]ccc4c3ccc3ccccc34)cc21. The second-order valence-corrected chi connectivity index (χ2v) is 8.12. The summed E-state index contributed by atoms with van der Waals surface area (Å²) in [6, 6.07) is 30.7. The molecule has 1 N–H and O–H groups in total. The van der Waals surface area contributed by atoms with Gasteiger partial charge in [-0.2, -0.15) is 0 Å². The molecule has 2 heteroatoms. The van der Waals surface area contributed by atoms with Gasteiger partial charge < -0.3 is 4.57 Å². The molecule has 0 bridgehead atoms. The first-order valence-electron chi connectivity index (χ1n) is 10.8. The van der Waals surface area contributed by atoms with Gasteiger partial charge in [0.15, 0.2) is 6.20 Å². The van der Waals surface area contributed by atoms with Gasteiger partial charge in [-0.15, -0.1) is 0 Å². The van der Waals surface area contributed by atoms with Crippen LogP contribution in [0, 0.1) is 0 Å². The van der Waals surface area contributed by atoms with Crippen LogP contribution in [0.3, 0.4) is 0 Å². The maximum absolute atomic E-state index is 3.53. The summed E-state index contributed by atoms with van der Waals surface area (Å²) < 4.78 is 2.37. The number of H-pyrrole nitrogens is 1. The van der Waals surface area contributed by atoms with E-state index in [9.17, 15) is 0 Å². The minimum absolute atomic E-state index is 1.15. The summed E-state index contributed by atoms with van der Waals surface area (Å²) in [7, 11) is 0. The second kappa shape index (κ2) is 6.82. The van der Waals surface area contributed by atoms with E-state index in [1.807, 2.05) is 0 Å². The number of pyridine rings is 1. The maximum atomic E-state index is 3.53. The summed E-state index contributed by atoms with van der Waals surface area (Å²) in [6.07, 6.45) is 4.23. The molecule has 6 rings (SSSR count). The third-order valence-corrected chi connectivity index (χ3v) is 6.45. The molecule has 0 unspecified atom stereocenters. The molecule has 2 heterocycles. The van der Waals surface area contributed by atoms with Gasteiger partial charge >= 0.3 is 0 Å². The van der Waals surface area contributed by atoms with E-state index < -0.39 is 0 Å². The van der Waals surface area contributed by atoms with Gasteiger partial charge in [-0.05, 0) is 48.9 Å². The van der Waals surface area contributed by atoms with Crippen LogP contribution in [0.5, 0.6) is 0 Å². The number of nitrogens with one attached hydrogen (secondary N) is 1. The van der Waals surface area contributed by atoms with E-state index in [0.29, 0.717) is 0 Å². The molecule has 0 radical (unpaired) electrons. The summed E-state index contributed by atoms with van der Waals surface area (Å²) in [4.78, 5) is 3.53. The Labute approximate surface area is 181 Å². The van der Waals surface area contributed by atoms with Crippen molar-refractivity contribution < 1.29 is 4.98 Å². The lowest BCUT2D eigenvalue weighted by molar-refractivity contribution is -0.362. The van der Waals surface area contributed by atoms with Crippen LogP contribution in [0.15, 0.2) is 97.2 Å². The van der Waals surface area contributed by atoms with Gasteiger partial charge in [-0.25, -0.2) is 4.98 Å². The third kappa shape index (κ3) is 2.62. The Bertz CT molecular complexity index is 1650. The molecule has 148 valence electrons. The zero-order valence-electron chi connectivity index (χ0n) is 17.7. The first kappa shape index (κ1) is 17.9. The minimum Gasteiger partial charge on any atom is -0.314 e. The maximum Gasteiger partial charge on any atom is 0.218 e. The van der Waals surface area contributed by atoms with Crippen molar-refractivity contribution in [2.75, 3.05) is 0 Å². The van der Waals surface area contributed by atoms with Crippen LogP contribution in [0.25, 0.3) is 60.3 Å². The van der Waals surface area contributed by atoms with E-state index in [-0.39, 0.29) is 0 Å². The Morgan fingerprint density at radius 2 is 1.45 bits per heavy atom. The van der Waals surface area contributed by atoms with Gasteiger partial charge in [0, 0.05) is 33.5 Å². The fraction of sp³-hybridized carbons (Fsp3) is 0.0690. The van der Waals surface area contributed by atoms with Crippen molar-refractivity contribution >= 4 is 49.0 Å². The van der Waals surface area contributed by atoms with Crippen LogP contribution in [0.1, 0.15) is 13.8 Å². The molecule has 0 saturated heterocycles. The molecule has 0 fully saturated rings. The van der Waals surface area contributed by atoms with E-state index in [1.165, 1.54) is 54.6 Å². The number of nitrogens with zero attached hydrogens (tertiary/aromatic N) is 1. The number of benzene rings is 4. The predicted octanol–water partition coefficient (Wildman–Crippen LogP) is 7.46. The molecule has 0 amide bonds. The number of hydrogen-bond acceptors (Lipinski definition) is 0. The number of para-hydroxylation sites is 1. The Kier molecular flexibility index (Phi) is 3.94. The van der Waals surface area contributed by atoms with Crippen molar-refractivity contribution in [3.8, 4) is 11.3 Å². The number of rotatable bonds is 2. The van der Waals surface area contributed by atoms with E-state index in [1.54, 1.807) is 0 Å². The highest BCUT2D eigenvalue weighted by Crippen LogP contribution is 2.36. The van der Waals surface area contributed by atoms with E-state index in [2.05, 4.69) is 121 Å². The van der Waals surface area contributed by atoms with E-state index >= 15 is 0 Å². The summed E-state index contributed by atoms with van der Waals surface area (Å²) in [5, 5.41) is 7.65. The van der Waals surface area contributed by atoms with Gasteiger partial charge in [-0.1, -0.05) is 60.7 Å². The number of fused-ring (bicyclic) bond motifs is 6. The van der Waals surface area contributed by atoms with Gasteiger partial charge in [0.25, 0.3) is 0 Å². The Morgan fingerprint density at radius 1 is 0.710 bits per heavy atom. The first-order chi connectivity index (χ1) is 15.3. The molecule has 2 aromatic heterocycles. The molecule has 6 aromatic rings. The van der Waals surface area contributed by atoms with Crippen LogP contribution in [-0.2, 0) is 0 Å². The topological polar surface area (TPSA) is 19.1 Å². The van der Waals surface area contributed by atoms with Crippen LogP contribution >= 0.6 is 0 Å². The molecule has 0 aliphatic heterocycles. The minimum atomic E-state index is 1.15. The Hall–Kier alpha value is -3.91. The van der Waals surface area contributed by atoms with Crippen molar-refractivity contribution in [1.29, 1.82) is 0 Å². The highest BCUT2D eigenvalue weighted by Gasteiger charge is 2.17. The Balaban J connectivity index is 1.68. The van der Waals surface area contributed by atoms with Crippen LogP contribution < -0.4 is 4.98 Å². The number of aromatic nitrogens is 2. The zero-order valence-corrected chi connectivity index (χ0v) is 17.7. The smallest absolute Gasteiger partial charge is 0.218 e. The number of hydrogen-bond donors (Lipinski definition) is 0. The van der Waals surface area contributed by atoms with E-state index in [0.717, 1.165) is 5.69 Å². The van der Waals surface area contributed by atoms with Crippen molar-refractivity contribution in [3.05, 3.63) is 97.2 Å². The van der Waals surface area contributed by atoms with Gasteiger partial charge in [-0.3, -0.25) is 0 Å². The largest absolute Gasteiger partial charge is 0.314 e. The molecular weight excluding hydrogens is 376 g/mol. The molecule has 31 heavy (non-hydrogen) atoms. The lowest BCUT2D eigenvalue weighted by atomic mass is 9.98. The number of allylic oxidation sites excluding steroid dienone is 2. The van der Waals surface area contributed by atoms with Crippen LogP contribution in [-0.4, -0.2) is 4.57 Å². The second-order valence-electron chi connectivity index (χ2n) is 8.12. The molecule has 0 aliphatic carbocycles. The molecule has 0 aliphatic rings. The average Bonchev–Trinajstić information content (AvgIpc) is 3.16. The van der Waals surface area contributed by atoms with Gasteiger partial charge in [0.2, 0.25) is 5.69 Å². The lowest BCUT2D eigenvalue weighted by Crippen LogP contribution is -2.06. The van der Waals surface area contributed by atoms with Crippen molar-refractivity contribution in [2.24, 2.45) is 0 Å². The molecule has 0 spiro atoms. The molecule has 0 atom stereocenters. The standard InChI is InChI=1S/C29H22N2/c1-3-19(2)31-27-11-7-6-10-24(27)25-14-13-21(18-28(25)31)29-26-15-12-20-8-4-5-9-22(20)23(26)16-17-30-29/h3-18H,1-2H3/p+1/b19-3+. The summed E-state index contributed by atoms with van der Waals surface area (Å²) in [6.45, 7) is 4.28. The van der Waals surface area contributed by atoms with Crippen molar-refractivity contribution in [2.45, 2.75) is 13.8 Å². The van der Waals surface area contributed by atoms with Crippen molar-refractivity contribution in [1.82, 2.24) is 4.57 Å². The van der Waals surface area contributed by atoms with Gasteiger partial charge in [0.05, 0.1) is 16.4 Å². The summed E-state index contributed by atoms with van der Waals surface area (Å²) >= 11 is 0. The predicted molar refractivity (Wildman–Crippen MR) is 132 cm³/mol. The molecule has 0 saturated carbocycles. The van der Waals surface area contributed by atoms with Crippen molar-refractivity contribution in [3.63, 3.8) is 0 Å². The lowest BCUT2D eigenvalue weighted by Gasteiger charge is -2.08. The van der Waals surface area contributed by atoms with Gasteiger partial charge in [0.1, 0.15) is 0 Å². The molecule has 4 aromatic carbocycles. The highest BCUT2D eigenvalue weighted by molar-refractivity contribution is 6.13. The molecular formula is C29H23N2+. The Morgan fingerprint density at radius 3 is 2.32 bits per heavy atom. The van der Waals surface area contributed by atoms with Crippen LogP contribution in [0.2, 0.25) is 0 Å². The zero-order chi connectivity index (χ0) is 20.9. The molecule has 2 nitrogen and oxygen atoms in total. The number of aromatic amines is 1. The summed E-state index contributed by atoms with van der Waals surface area (Å²) in [5.41, 5.74) is 6.07. The monoisotopic (exact) mass is 399 g/mol. The normalized spacial score (nSPS) is 12.4. The fourth-order valence-electron chi connectivity index (χ4n) is 4.85. The highest BCUT2D eigenvalue weighted by atomic mass is 15.0. The first-order valence-corrected chi connectivity index (χ1v) is 10.8.